The Balaban J connectivity index is 1.43. The number of ether oxygens (including phenoxy) is 2. The summed E-state index contributed by atoms with van der Waals surface area (Å²) in [5, 5.41) is 4.69. The molecule has 172 valence electrons. The van der Waals surface area contributed by atoms with Crippen LogP contribution in [-0.4, -0.2) is 59.9 Å². The number of nitrogens with one attached hydrogen (secondary N) is 2. The Labute approximate surface area is 195 Å². The van der Waals surface area contributed by atoms with Gasteiger partial charge in [0, 0.05) is 17.4 Å². The Morgan fingerprint density at radius 1 is 1.18 bits per heavy atom. The quantitative estimate of drug-likeness (QED) is 0.468. The summed E-state index contributed by atoms with van der Waals surface area (Å²) in [5.41, 5.74) is 3.95. The number of thiophene rings is 1. The van der Waals surface area contributed by atoms with E-state index < -0.39 is 0 Å². The van der Waals surface area contributed by atoms with Crippen LogP contribution in [0.25, 0.3) is 31.9 Å². The predicted molar refractivity (Wildman–Crippen MR) is 128 cm³/mol. The Morgan fingerprint density at radius 3 is 2.88 bits per heavy atom. The predicted octanol–water partition coefficient (Wildman–Crippen LogP) is 2.68. The molecule has 9 heteroatoms. The second-order valence-electron chi connectivity index (χ2n) is 9.34. The van der Waals surface area contributed by atoms with Crippen molar-refractivity contribution < 1.29 is 18.8 Å². The lowest BCUT2D eigenvalue weighted by atomic mass is 9.89. The molecule has 4 aromatic heterocycles. The molecule has 6 heterocycles. The molecule has 8 nitrogen and oxygen atoms in total. The number of anilines is 1. The third-order valence-electron chi connectivity index (χ3n) is 6.55. The van der Waals surface area contributed by atoms with Gasteiger partial charge in [-0.25, -0.2) is 15.0 Å². The van der Waals surface area contributed by atoms with E-state index in [1.807, 2.05) is 12.1 Å². The van der Waals surface area contributed by atoms with Gasteiger partial charge >= 0.3 is 0 Å². The molecule has 33 heavy (non-hydrogen) atoms. The highest BCUT2D eigenvalue weighted by Gasteiger charge is 2.32. The van der Waals surface area contributed by atoms with E-state index in [1.54, 1.807) is 28.8 Å². The first-order valence-corrected chi connectivity index (χ1v) is 12.3. The standard InChI is InChI=1S/C24H27N5O3S/c1-24(2)12-15-16(13-32-24)19(17-4-3-9-31-17)28-23-18(15)20-21(33-23)22(27-14-26-20)25-5-6-29-7-10-30-11-8-29/h3-4,9,14H,5-8,10-13H2,1-2H3,(H,25,26,27)/p+1. The second kappa shape index (κ2) is 8.32. The van der Waals surface area contributed by atoms with Crippen molar-refractivity contribution >= 4 is 37.6 Å². The molecular weight excluding hydrogens is 438 g/mol. The minimum Gasteiger partial charge on any atom is -0.463 e. The number of hydrogen-bond acceptors (Lipinski definition) is 8. The van der Waals surface area contributed by atoms with Crippen molar-refractivity contribution in [1.29, 1.82) is 0 Å². The Bertz CT molecular complexity index is 1290. The number of nitrogens with zero attached hydrogens (tertiary/aromatic N) is 3. The molecule has 2 N–H and O–H groups in total. The highest BCUT2D eigenvalue weighted by molar-refractivity contribution is 7.26. The largest absolute Gasteiger partial charge is 0.463 e. The number of fused-ring (bicyclic) bond motifs is 5. The third kappa shape index (κ3) is 3.89. The average molecular weight is 467 g/mol. The fourth-order valence-corrected chi connectivity index (χ4v) is 5.94. The minimum atomic E-state index is -0.245. The molecule has 1 saturated heterocycles. The van der Waals surface area contributed by atoms with Crippen molar-refractivity contribution in [2.75, 3.05) is 44.7 Å². The third-order valence-corrected chi connectivity index (χ3v) is 7.63. The molecule has 0 saturated carbocycles. The number of furan rings is 1. The SMILES string of the molecule is CC1(C)Cc2c(c(-c3ccco3)nc3sc4c(NCC[NH+]5CCOCC5)ncnc4c23)CO1. The fourth-order valence-electron chi connectivity index (χ4n) is 4.82. The minimum absolute atomic E-state index is 0.245. The van der Waals surface area contributed by atoms with Gasteiger partial charge in [-0.15, -0.1) is 11.3 Å². The van der Waals surface area contributed by atoms with E-state index in [4.69, 9.17) is 23.9 Å². The molecule has 0 bridgehead atoms. The first-order chi connectivity index (χ1) is 16.1. The van der Waals surface area contributed by atoms with Crippen LogP contribution in [0.3, 0.4) is 0 Å². The van der Waals surface area contributed by atoms with Crippen LogP contribution in [0.4, 0.5) is 5.82 Å². The van der Waals surface area contributed by atoms with Gasteiger partial charge in [0.05, 0.1) is 55.0 Å². The maximum atomic E-state index is 6.17. The number of hydrogen-bond donors (Lipinski definition) is 2. The van der Waals surface area contributed by atoms with Crippen LogP contribution in [0, 0.1) is 0 Å². The van der Waals surface area contributed by atoms with Crippen LogP contribution in [0.1, 0.15) is 25.0 Å². The smallest absolute Gasteiger partial charge is 0.152 e. The number of morpholine rings is 1. The number of quaternary nitrogens is 1. The molecule has 0 spiro atoms. The molecule has 2 aliphatic rings. The Kier molecular flexibility index (Phi) is 5.29. The van der Waals surface area contributed by atoms with Crippen molar-refractivity contribution in [2.45, 2.75) is 32.5 Å². The molecule has 0 unspecified atom stereocenters. The first-order valence-electron chi connectivity index (χ1n) is 11.5. The highest BCUT2D eigenvalue weighted by Crippen LogP contribution is 2.44. The molecule has 1 fully saturated rings. The van der Waals surface area contributed by atoms with Gasteiger partial charge in [-0.2, -0.15) is 0 Å². The van der Waals surface area contributed by atoms with Gasteiger partial charge < -0.3 is 24.1 Å². The van der Waals surface area contributed by atoms with Crippen LogP contribution < -0.4 is 10.2 Å². The zero-order valence-corrected chi connectivity index (χ0v) is 19.8. The maximum Gasteiger partial charge on any atom is 0.152 e. The average Bonchev–Trinajstić information content (AvgIpc) is 3.47. The second-order valence-corrected chi connectivity index (χ2v) is 10.3. The van der Waals surface area contributed by atoms with E-state index in [1.165, 1.54) is 5.56 Å². The van der Waals surface area contributed by atoms with Crippen LogP contribution in [0.5, 0.6) is 0 Å². The summed E-state index contributed by atoms with van der Waals surface area (Å²) in [7, 11) is 0. The molecule has 0 amide bonds. The van der Waals surface area contributed by atoms with Crippen LogP contribution in [-0.2, 0) is 22.5 Å². The van der Waals surface area contributed by atoms with E-state index in [-0.39, 0.29) is 5.60 Å². The molecule has 2 aliphatic heterocycles. The van der Waals surface area contributed by atoms with Crippen molar-refractivity contribution in [3.8, 4) is 11.5 Å². The molecule has 0 atom stereocenters. The van der Waals surface area contributed by atoms with E-state index in [0.29, 0.717) is 6.61 Å². The normalized spacial score (nSPS) is 18.6. The molecule has 0 aliphatic carbocycles. The van der Waals surface area contributed by atoms with Gasteiger partial charge in [0.15, 0.2) is 5.76 Å². The summed E-state index contributed by atoms with van der Waals surface area (Å²) in [5.74, 6) is 1.65. The molecule has 0 aromatic carbocycles. The number of rotatable bonds is 5. The lowest BCUT2D eigenvalue weighted by Gasteiger charge is -2.32. The fraction of sp³-hybridized carbons (Fsp3) is 0.458. The van der Waals surface area contributed by atoms with E-state index in [0.717, 1.165) is 89.1 Å². The molecule has 4 aromatic rings. The summed E-state index contributed by atoms with van der Waals surface area (Å²) >= 11 is 1.65. The van der Waals surface area contributed by atoms with Crippen LogP contribution in [0.15, 0.2) is 29.1 Å². The zero-order chi connectivity index (χ0) is 22.4. The van der Waals surface area contributed by atoms with Gasteiger partial charge in [-0.3, -0.25) is 0 Å². The summed E-state index contributed by atoms with van der Waals surface area (Å²) < 4.78 is 18.4. The topological polar surface area (TPSA) is 86.7 Å². The van der Waals surface area contributed by atoms with E-state index in [9.17, 15) is 0 Å². The van der Waals surface area contributed by atoms with Crippen molar-refractivity contribution in [3.63, 3.8) is 0 Å². The lowest BCUT2D eigenvalue weighted by molar-refractivity contribution is -0.906. The van der Waals surface area contributed by atoms with Crippen LogP contribution >= 0.6 is 11.3 Å². The maximum absolute atomic E-state index is 6.17. The molecule has 0 radical (unpaired) electrons. The Morgan fingerprint density at radius 2 is 2.06 bits per heavy atom. The summed E-state index contributed by atoms with van der Waals surface area (Å²) in [6.07, 6.45) is 4.15. The van der Waals surface area contributed by atoms with Crippen molar-refractivity contribution in [2.24, 2.45) is 0 Å². The van der Waals surface area contributed by atoms with Gasteiger partial charge in [-0.05, 0) is 31.5 Å². The number of aromatic nitrogens is 3. The lowest BCUT2D eigenvalue weighted by Crippen LogP contribution is -3.14. The Hall–Kier alpha value is -2.59. The number of pyridine rings is 1. The van der Waals surface area contributed by atoms with E-state index in [2.05, 4.69) is 24.1 Å². The van der Waals surface area contributed by atoms with Crippen LogP contribution in [0.2, 0.25) is 0 Å². The molecular formula is C24H28N5O3S+. The summed E-state index contributed by atoms with van der Waals surface area (Å²) in [6.45, 7) is 10.5. The zero-order valence-electron chi connectivity index (χ0n) is 18.9. The van der Waals surface area contributed by atoms with Gasteiger partial charge in [0.25, 0.3) is 0 Å². The molecule has 6 rings (SSSR count). The van der Waals surface area contributed by atoms with Gasteiger partial charge in [0.2, 0.25) is 0 Å². The van der Waals surface area contributed by atoms with Gasteiger partial charge in [0.1, 0.15) is 35.8 Å². The van der Waals surface area contributed by atoms with E-state index >= 15 is 0 Å². The van der Waals surface area contributed by atoms with Crippen molar-refractivity contribution in [1.82, 2.24) is 15.0 Å². The van der Waals surface area contributed by atoms with Crippen molar-refractivity contribution in [3.05, 3.63) is 35.9 Å². The first kappa shape index (κ1) is 21.0. The van der Waals surface area contributed by atoms with Gasteiger partial charge in [-0.1, -0.05) is 0 Å². The highest BCUT2D eigenvalue weighted by atomic mass is 32.1. The summed E-state index contributed by atoms with van der Waals surface area (Å²) in [6, 6.07) is 3.86. The summed E-state index contributed by atoms with van der Waals surface area (Å²) in [4.78, 5) is 16.9. The monoisotopic (exact) mass is 466 g/mol.